The van der Waals surface area contributed by atoms with E-state index < -0.39 is 27.9 Å². The minimum atomic E-state index is -3.75. The molecule has 0 fully saturated rings. The molecule has 0 bridgehead atoms. The van der Waals surface area contributed by atoms with Gasteiger partial charge in [-0.2, -0.15) is 0 Å². The number of rotatable bonds is 7. The fourth-order valence-electron chi connectivity index (χ4n) is 3.29. The van der Waals surface area contributed by atoms with Crippen molar-refractivity contribution >= 4 is 50.7 Å². The normalized spacial score (nSPS) is 12.0. The summed E-state index contributed by atoms with van der Waals surface area (Å²) in [6.45, 7) is 1.76. The van der Waals surface area contributed by atoms with Gasteiger partial charge in [0, 0.05) is 5.69 Å². The molecule has 7 nitrogen and oxygen atoms in total. The van der Waals surface area contributed by atoms with Crippen LogP contribution < -0.4 is 10.6 Å². The number of anilines is 1. The Morgan fingerprint density at radius 2 is 1.65 bits per heavy atom. The molecular weight excluding hydrogens is 499 g/mol. The van der Waals surface area contributed by atoms with Crippen molar-refractivity contribution in [1.29, 1.82) is 0 Å². The maximum Gasteiger partial charge on any atom is 0.338 e. The first-order valence-corrected chi connectivity index (χ1v) is 12.5. The van der Waals surface area contributed by atoms with Crippen LogP contribution in [0.3, 0.4) is 0 Å². The summed E-state index contributed by atoms with van der Waals surface area (Å²) in [5.41, 5.74) is 1.59. The Bertz CT molecular complexity index is 1310. The molecule has 0 radical (unpaired) electrons. The number of halogens is 2. The summed E-state index contributed by atoms with van der Waals surface area (Å²) in [4.78, 5) is 24.4. The van der Waals surface area contributed by atoms with Gasteiger partial charge in [0.15, 0.2) is 9.84 Å². The lowest BCUT2D eigenvalue weighted by molar-refractivity contribution is 0.0600. The Balaban J connectivity index is 1.68. The highest BCUT2D eigenvalue weighted by atomic mass is 35.5. The summed E-state index contributed by atoms with van der Waals surface area (Å²) in [5, 5.41) is 6.16. The molecule has 0 spiro atoms. The monoisotopic (exact) mass is 520 g/mol. The van der Waals surface area contributed by atoms with E-state index in [1.165, 1.54) is 37.4 Å². The van der Waals surface area contributed by atoms with Crippen LogP contribution >= 0.6 is 23.2 Å². The van der Waals surface area contributed by atoms with Gasteiger partial charge in [-0.25, -0.2) is 18.0 Å². The smallest absolute Gasteiger partial charge is 0.338 e. The topological polar surface area (TPSA) is 102 Å². The second kappa shape index (κ2) is 10.9. The average Bonchev–Trinajstić information content (AvgIpc) is 2.80. The molecule has 3 rings (SSSR count). The summed E-state index contributed by atoms with van der Waals surface area (Å²) in [5.74, 6) is -0.978. The van der Waals surface area contributed by atoms with Gasteiger partial charge in [0.1, 0.15) is 0 Å². The van der Waals surface area contributed by atoms with Gasteiger partial charge in [-0.05, 0) is 54.4 Å². The van der Waals surface area contributed by atoms with Crippen molar-refractivity contribution in [3.63, 3.8) is 0 Å². The van der Waals surface area contributed by atoms with Crippen molar-refractivity contribution in [2.24, 2.45) is 0 Å². The van der Waals surface area contributed by atoms with Crippen molar-refractivity contribution in [1.82, 2.24) is 5.32 Å². The molecule has 0 saturated heterocycles. The molecule has 2 N–H and O–H groups in total. The van der Waals surface area contributed by atoms with Gasteiger partial charge in [-0.1, -0.05) is 53.5 Å². The second-order valence-electron chi connectivity index (χ2n) is 7.40. The van der Waals surface area contributed by atoms with Crippen LogP contribution in [0.4, 0.5) is 10.5 Å². The van der Waals surface area contributed by atoms with Gasteiger partial charge in [-0.15, -0.1) is 0 Å². The molecule has 2 amide bonds. The number of urea groups is 1. The number of amides is 2. The molecule has 0 heterocycles. The zero-order valence-electron chi connectivity index (χ0n) is 18.3. The van der Waals surface area contributed by atoms with Crippen molar-refractivity contribution < 1.29 is 22.7 Å². The van der Waals surface area contributed by atoms with Crippen LogP contribution in [0.2, 0.25) is 10.0 Å². The van der Waals surface area contributed by atoms with Gasteiger partial charge in [0.05, 0.1) is 39.4 Å². The van der Waals surface area contributed by atoms with E-state index >= 15 is 0 Å². The van der Waals surface area contributed by atoms with E-state index in [1.807, 2.05) is 0 Å². The summed E-state index contributed by atoms with van der Waals surface area (Å²) in [6, 6.07) is 16.4. The molecule has 0 aliphatic heterocycles. The fourth-order valence-corrected chi connectivity index (χ4v) is 5.14. The number of methoxy groups -OCH3 is 1. The number of esters is 1. The van der Waals surface area contributed by atoms with Crippen LogP contribution in [0.15, 0.2) is 71.6 Å². The zero-order valence-corrected chi connectivity index (χ0v) is 20.7. The Morgan fingerprint density at radius 1 is 0.971 bits per heavy atom. The third-order valence-corrected chi connectivity index (χ3v) is 7.55. The van der Waals surface area contributed by atoms with E-state index in [2.05, 4.69) is 10.6 Å². The lowest BCUT2D eigenvalue weighted by Gasteiger charge is -2.17. The standard InChI is InChI=1S/C24H22Cl2N2O5S/c1-15(19-8-5-9-21(25)22(19)26)27-24(30)28-17-10-12-18(13-11-17)34(31,32)14-16-6-3-4-7-20(16)23(29)33-2/h3-13,15H,14H2,1-2H3,(H2,27,28,30)/t15-/m0/s1. The third kappa shape index (κ3) is 6.08. The number of sulfone groups is 1. The number of carbonyl (C=O) groups excluding carboxylic acids is 2. The lowest BCUT2D eigenvalue weighted by atomic mass is 10.1. The maximum atomic E-state index is 12.9. The van der Waals surface area contributed by atoms with E-state index in [9.17, 15) is 18.0 Å². The first kappa shape index (κ1) is 25.6. The Labute approximate surface area is 208 Å². The molecule has 0 aliphatic rings. The van der Waals surface area contributed by atoms with Crippen LogP contribution in [-0.4, -0.2) is 27.5 Å². The quantitative estimate of drug-likeness (QED) is 0.392. The van der Waals surface area contributed by atoms with E-state index in [0.717, 1.165) is 0 Å². The summed E-state index contributed by atoms with van der Waals surface area (Å²) >= 11 is 12.2. The minimum Gasteiger partial charge on any atom is -0.465 e. The molecular formula is C24H22Cl2N2O5S. The van der Waals surface area contributed by atoms with Crippen LogP contribution in [-0.2, 0) is 20.3 Å². The second-order valence-corrected chi connectivity index (χ2v) is 10.2. The predicted molar refractivity (Wildman–Crippen MR) is 132 cm³/mol. The van der Waals surface area contributed by atoms with Gasteiger partial charge in [0.2, 0.25) is 0 Å². The van der Waals surface area contributed by atoms with Crippen molar-refractivity contribution in [2.45, 2.75) is 23.6 Å². The molecule has 3 aromatic carbocycles. The first-order chi connectivity index (χ1) is 16.1. The molecule has 178 valence electrons. The maximum absolute atomic E-state index is 12.9. The van der Waals surface area contributed by atoms with E-state index in [1.54, 1.807) is 43.3 Å². The SMILES string of the molecule is COC(=O)c1ccccc1CS(=O)(=O)c1ccc(NC(=O)N[C@@H](C)c2cccc(Cl)c2Cl)cc1. The van der Waals surface area contributed by atoms with Gasteiger partial charge in [-0.3, -0.25) is 0 Å². The number of nitrogens with one attached hydrogen (secondary N) is 2. The molecule has 0 aromatic heterocycles. The summed E-state index contributed by atoms with van der Waals surface area (Å²) in [7, 11) is -2.51. The van der Waals surface area contributed by atoms with Crippen molar-refractivity contribution in [3.05, 3.63) is 93.5 Å². The van der Waals surface area contributed by atoms with Crippen molar-refractivity contribution in [2.75, 3.05) is 12.4 Å². The molecule has 3 aromatic rings. The highest BCUT2D eigenvalue weighted by molar-refractivity contribution is 7.90. The number of hydrogen-bond donors (Lipinski definition) is 2. The molecule has 0 unspecified atom stereocenters. The molecule has 34 heavy (non-hydrogen) atoms. The zero-order chi connectivity index (χ0) is 24.9. The van der Waals surface area contributed by atoms with Gasteiger partial charge in [0.25, 0.3) is 0 Å². The first-order valence-electron chi connectivity index (χ1n) is 10.1. The summed E-state index contributed by atoms with van der Waals surface area (Å²) in [6.07, 6.45) is 0. The highest BCUT2D eigenvalue weighted by Gasteiger charge is 2.20. The Kier molecular flexibility index (Phi) is 8.19. The molecule has 0 saturated carbocycles. The van der Waals surface area contributed by atoms with E-state index in [-0.39, 0.29) is 16.2 Å². The largest absolute Gasteiger partial charge is 0.465 e. The van der Waals surface area contributed by atoms with Gasteiger partial charge >= 0.3 is 12.0 Å². The van der Waals surface area contributed by atoms with Gasteiger partial charge < -0.3 is 15.4 Å². The molecule has 10 heteroatoms. The Hall–Kier alpha value is -3.07. The minimum absolute atomic E-state index is 0.0530. The molecule has 0 aliphatic carbocycles. The van der Waals surface area contributed by atoms with Crippen molar-refractivity contribution in [3.8, 4) is 0 Å². The number of hydrogen-bond acceptors (Lipinski definition) is 5. The van der Waals surface area contributed by atoms with Crippen LogP contribution in [0, 0.1) is 0 Å². The van der Waals surface area contributed by atoms with Crippen LogP contribution in [0.25, 0.3) is 0 Å². The lowest BCUT2D eigenvalue weighted by Crippen LogP contribution is -2.31. The van der Waals surface area contributed by atoms with Crippen LogP contribution in [0.1, 0.15) is 34.5 Å². The number of carbonyl (C=O) groups is 2. The fraction of sp³-hybridized carbons (Fsp3) is 0.167. The van der Waals surface area contributed by atoms with E-state index in [4.69, 9.17) is 27.9 Å². The molecule has 1 atom stereocenters. The number of benzene rings is 3. The highest BCUT2D eigenvalue weighted by Crippen LogP contribution is 2.29. The predicted octanol–water partition coefficient (Wildman–Crippen LogP) is 5.64. The number of ether oxygens (including phenoxy) is 1. The van der Waals surface area contributed by atoms with E-state index in [0.29, 0.717) is 26.9 Å². The third-order valence-electron chi connectivity index (χ3n) is 5.04. The summed E-state index contributed by atoms with van der Waals surface area (Å²) < 4.78 is 30.5. The average molecular weight is 521 g/mol. The van der Waals surface area contributed by atoms with Crippen LogP contribution in [0.5, 0.6) is 0 Å². The Morgan fingerprint density at radius 3 is 2.32 bits per heavy atom.